The molecule has 2 bridgehead atoms. The lowest BCUT2D eigenvalue weighted by Crippen LogP contribution is -2.45. The molecule has 25 heavy (non-hydrogen) atoms. The average molecular weight is 339 g/mol. The van der Waals surface area contributed by atoms with Gasteiger partial charge >= 0.3 is 5.97 Å². The Morgan fingerprint density at radius 1 is 1.32 bits per heavy atom. The molecule has 2 aliphatic rings. The number of aromatic nitrogens is 2. The number of nitrogens with zero attached hydrogens (tertiary/aromatic N) is 3. The van der Waals surface area contributed by atoms with Crippen LogP contribution in [0.2, 0.25) is 0 Å². The van der Waals surface area contributed by atoms with Gasteiger partial charge in [-0.2, -0.15) is 5.10 Å². The van der Waals surface area contributed by atoms with Crippen molar-refractivity contribution in [2.24, 2.45) is 12.5 Å². The summed E-state index contributed by atoms with van der Waals surface area (Å²) in [4.78, 5) is 14.8. The van der Waals surface area contributed by atoms with Crippen LogP contribution in [0.5, 0.6) is 0 Å². The van der Waals surface area contributed by atoms with E-state index < -0.39 is 11.4 Å². The summed E-state index contributed by atoms with van der Waals surface area (Å²) < 4.78 is 1.89. The van der Waals surface area contributed by atoms with Crippen molar-refractivity contribution in [3.63, 3.8) is 0 Å². The van der Waals surface area contributed by atoms with Gasteiger partial charge in [-0.15, -0.1) is 0 Å². The Morgan fingerprint density at radius 2 is 2.08 bits per heavy atom. The van der Waals surface area contributed by atoms with E-state index in [1.165, 1.54) is 5.56 Å². The van der Waals surface area contributed by atoms with Gasteiger partial charge in [0.25, 0.3) is 0 Å². The van der Waals surface area contributed by atoms with Crippen molar-refractivity contribution in [2.75, 3.05) is 0 Å². The van der Waals surface area contributed by atoms with Crippen LogP contribution in [0.4, 0.5) is 0 Å². The lowest BCUT2D eigenvalue weighted by molar-refractivity contribution is -0.151. The van der Waals surface area contributed by atoms with Gasteiger partial charge in [0.05, 0.1) is 11.6 Å². The van der Waals surface area contributed by atoms with Gasteiger partial charge in [0.15, 0.2) is 0 Å². The predicted octanol–water partition coefficient (Wildman–Crippen LogP) is 2.78. The number of carboxylic acids is 1. The summed E-state index contributed by atoms with van der Waals surface area (Å²) in [5.74, 6) is -0.642. The van der Waals surface area contributed by atoms with Gasteiger partial charge in [-0.1, -0.05) is 30.3 Å². The van der Waals surface area contributed by atoms with Gasteiger partial charge in [-0.25, -0.2) is 0 Å². The Labute approximate surface area is 148 Å². The van der Waals surface area contributed by atoms with Crippen LogP contribution in [0.3, 0.4) is 0 Å². The molecule has 1 aromatic heterocycles. The van der Waals surface area contributed by atoms with Crippen molar-refractivity contribution in [1.29, 1.82) is 0 Å². The van der Waals surface area contributed by atoms with Crippen molar-refractivity contribution >= 4 is 5.97 Å². The zero-order valence-electron chi connectivity index (χ0n) is 14.9. The summed E-state index contributed by atoms with van der Waals surface area (Å²) in [6.07, 6.45) is 5.37. The molecule has 5 nitrogen and oxygen atoms in total. The molecule has 0 aliphatic carbocycles. The predicted molar refractivity (Wildman–Crippen MR) is 95.1 cm³/mol. The summed E-state index contributed by atoms with van der Waals surface area (Å²) in [7, 11) is 1.95. The quantitative estimate of drug-likeness (QED) is 0.910. The van der Waals surface area contributed by atoms with Crippen molar-refractivity contribution in [3.05, 3.63) is 53.3 Å². The third-order valence-electron chi connectivity index (χ3n) is 6.36. The maximum atomic E-state index is 12.3. The Morgan fingerprint density at radius 3 is 2.72 bits per heavy atom. The molecule has 0 saturated carbocycles. The summed E-state index contributed by atoms with van der Waals surface area (Å²) in [5, 5.41) is 14.5. The molecule has 2 fully saturated rings. The Kier molecular flexibility index (Phi) is 3.91. The fourth-order valence-corrected chi connectivity index (χ4v) is 4.90. The molecule has 5 heteroatoms. The van der Waals surface area contributed by atoms with Crippen molar-refractivity contribution < 1.29 is 9.90 Å². The number of carbonyl (C=O) groups is 1. The average Bonchev–Trinajstić information content (AvgIpc) is 3.23. The van der Waals surface area contributed by atoms with Gasteiger partial charge in [0, 0.05) is 36.9 Å². The van der Waals surface area contributed by atoms with Gasteiger partial charge in [0.2, 0.25) is 0 Å². The minimum atomic E-state index is -0.666. The third-order valence-corrected chi connectivity index (χ3v) is 6.36. The molecule has 2 saturated heterocycles. The van der Waals surface area contributed by atoms with Crippen LogP contribution in [0, 0.1) is 12.3 Å². The molecule has 132 valence electrons. The van der Waals surface area contributed by atoms with Gasteiger partial charge < -0.3 is 5.11 Å². The molecule has 0 unspecified atom stereocenters. The first kappa shape index (κ1) is 16.3. The van der Waals surface area contributed by atoms with Crippen LogP contribution in [-0.2, 0) is 24.8 Å². The maximum absolute atomic E-state index is 12.3. The number of hydrogen-bond acceptors (Lipinski definition) is 3. The van der Waals surface area contributed by atoms with E-state index in [2.05, 4.69) is 16.9 Å². The zero-order chi connectivity index (χ0) is 17.6. The van der Waals surface area contributed by atoms with Gasteiger partial charge in [0.1, 0.15) is 0 Å². The van der Waals surface area contributed by atoms with Crippen LogP contribution in [0.1, 0.15) is 36.1 Å². The van der Waals surface area contributed by atoms with Crippen LogP contribution < -0.4 is 0 Å². The first-order valence-corrected chi connectivity index (χ1v) is 9.02. The molecular formula is C20H25N3O2. The van der Waals surface area contributed by atoms with Crippen molar-refractivity contribution in [1.82, 2.24) is 14.7 Å². The Hall–Kier alpha value is -2.14. The molecule has 0 amide bonds. The molecule has 1 N–H and O–H groups in total. The van der Waals surface area contributed by atoms with Crippen LogP contribution in [0.15, 0.2) is 36.5 Å². The molecule has 0 radical (unpaired) electrons. The highest BCUT2D eigenvalue weighted by Crippen LogP contribution is 2.52. The molecule has 0 spiro atoms. The summed E-state index contributed by atoms with van der Waals surface area (Å²) >= 11 is 0. The van der Waals surface area contributed by atoms with Crippen LogP contribution >= 0.6 is 0 Å². The molecule has 2 aliphatic heterocycles. The third kappa shape index (κ3) is 2.58. The topological polar surface area (TPSA) is 58.4 Å². The molecule has 1 aromatic carbocycles. The SMILES string of the molecule is Cc1c(CN2[C@H]3CC[C@@H]2[C@](Cc2ccccc2)(C(=O)O)C3)cnn1C. The van der Waals surface area contributed by atoms with Crippen LogP contribution in [-0.4, -0.2) is 37.8 Å². The van der Waals surface area contributed by atoms with E-state index in [4.69, 9.17) is 0 Å². The van der Waals surface area contributed by atoms with Gasteiger partial charge in [-0.3, -0.25) is 14.4 Å². The highest BCUT2D eigenvalue weighted by molar-refractivity contribution is 5.77. The number of carboxylic acid groups (broad SMARTS) is 1. The second-order valence-electron chi connectivity index (χ2n) is 7.63. The number of benzene rings is 1. The smallest absolute Gasteiger partial charge is 0.311 e. The second-order valence-corrected chi connectivity index (χ2v) is 7.63. The minimum Gasteiger partial charge on any atom is -0.481 e. The number of rotatable bonds is 5. The molecular weight excluding hydrogens is 314 g/mol. The van der Waals surface area contributed by atoms with Gasteiger partial charge in [-0.05, 0) is 38.2 Å². The molecule has 2 aromatic rings. The van der Waals surface area contributed by atoms with E-state index in [9.17, 15) is 9.90 Å². The molecule has 3 atom stereocenters. The summed E-state index contributed by atoms with van der Waals surface area (Å²) in [6.45, 7) is 2.88. The second kappa shape index (κ2) is 5.99. The fraction of sp³-hybridized carbons (Fsp3) is 0.500. The van der Waals surface area contributed by atoms with Crippen molar-refractivity contribution in [2.45, 2.75) is 51.2 Å². The Bertz CT molecular complexity index is 785. The minimum absolute atomic E-state index is 0.106. The summed E-state index contributed by atoms with van der Waals surface area (Å²) in [6, 6.07) is 10.5. The maximum Gasteiger partial charge on any atom is 0.311 e. The van der Waals surface area contributed by atoms with E-state index >= 15 is 0 Å². The van der Waals surface area contributed by atoms with E-state index in [1.54, 1.807) is 0 Å². The van der Waals surface area contributed by atoms with Crippen molar-refractivity contribution in [3.8, 4) is 0 Å². The number of fused-ring (bicyclic) bond motifs is 2. The summed E-state index contributed by atoms with van der Waals surface area (Å²) in [5.41, 5.74) is 2.82. The lowest BCUT2D eigenvalue weighted by Gasteiger charge is -2.34. The van der Waals surface area contributed by atoms with Crippen LogP contribution in [0.25, 0.3) is 0 Å². The van der Waals surface area contributed by atoms with E-state index in [0.717, 1.165) is 37.1 Å². The number of hydrogen-bond donors (Lipinski definition) is 1. The number of aryl methyl sites for hydroxylation is 1. The molecule has 3 heterocycles. The monoisotopic (exact) mass is 339 g/mol. The fourth-order valence-electron chi connectivity index (χ4n) is 4.90. The first-order chi connectivity index (χ1) is 12.0. The van der Waals surface area contributed by atoms with E-state index in [-0.39, 0.29) is 6.04 Å². The highest BCUT2D eigenvalue weighted by atomic mass is 16.4. The lowest BCUT2D eigenvalue weighted by atomic mass is 9.70. The first-order valence-electron chi connectivity index (χ1n) is 9.02. The largest absolute Gasteiger partial charge is 0.481 e. The normalized spacial score (nSPS) is 28.6. The van der Waals surface area contributed by atoms with E-state index in [1.807, 2.05) is 48.3 Å². The highest BCUT2D eigenvalue weighted by Gasteiger charge is 2.59. The zero-order valence-corrected chi connectivity index (χ0v) is 14.9. The Balaban J connectivity index is 1.62. The van der Waals surface area contributed by atoms with E-state index in [0.29, 0.717) is 12.5 Å². The standard InChI is InChI=1S/C20H25N3O2/c1-14-16(12-21-22(14)2)13-23-17-8-9-18(23)20(11-17,19(24)25)10-15-6-4-3-5-7-15/h3-7,12,17-18H,8-11,13H2,1-2H3,(H,24,25)/t17-,18+,20+/m0/s1. The number of aliphatic carboxylic acids is 1. The molecule has 4 rings (SSSR count).